The number of hydrogen-bond acceptors (Lipinski definition) is 3. The van der Waals surface area contributed by atoms with Gasteiger partial charge in [-0.3, -0.25) is 0 Å². The molecule has 0 amide bonds. The molecule has 2 aliphatic rings. The summed E-state index contributed by atoms with van der Waals surface area (Å²) in [5.74, 6) is 0.607. The van der Waals surface area contributed by atoms with Crippen molar-refractivity contribution in [2.45, 2.75) is 25.6 Å². The van der Waals surface area contributed by atoms with Gasteiger partial charge in [0.05, 0.1) is 13.2 Å². The monoisotopic (exact) mass is 261 g/mol. The van der Waals surface area contributed by atoms with Gasteiger partial charge in [0.25, 0.3) is 0 Å². The fraction of sp³-hybridized carbons (Fsp3) is 0.625. The van der Waals surface area contributed by atoms with Crippen LogP contribution in [0.4, 0.5) is 0 Å². The molecule has 0 aliphatic carbocycles. The fourth-order valence-corrected chi connectivity index (χ4v) is 3.03. The second kappa shape index (κ2) is 6.51. The Morgan fingerprint density at radius 2 is 1.68 bits per heavy atom. The van der Waals surface area contributed by atoms with Crippen LogP contribution in [0.2, 0.25) is 0 Å². The van der Waals surface area contributed by atoms with Gasteiger partial charge in [0.1, 0.15) is 0 Å². The van der Waals surface area contributed by atoms with Crippen LogP contribution in [0.25, 0.3) is 0 Å². The van der Waals surface area contributed by atoms with Gasteiger partial charge in [0.2, 0.25) is 0 Å². The van der Waals surface area contributed by atoms with Crippen LogP contribution in [-0.4, -0.2) is 44.0 Å². The number of nitrogens with zero attached hydrogens (tertiary/aromatic N) is 1. The topological polar surface area (TPSA) is 21.7 Å². The second-order valence-electron chi connectivity index (χ2n) is 5.52. The molecular weight excluding hydrogens is 238 g/mol. The molecule has 0 spiro atoms. The van der Waals surface area contributed by atoms with Crippen LogP contribution in [0, 0.1) is 5.92 Å². The van der Waals surface area contributed by atoms with Gasteiger partial charge in [0.15, 0.2) is 6.29 Å². The molecule has 0 bridgehead atoms. The van der Waals surface area contributed by atoms with Gasteiger partial charge < -0.3 is 14.4 Å². The minimum Gasteiger partial charge on any atom is -0.350 e. The maximum atomic E-state index is 5.62. The third-order valence-electron chi connectivity index (χ3n) is 4.22. The highest BCUT2D eigenvalue weighted by Crippen LogP contribution is 2.25. The third-order valence-corrected chi connectivity index (χ3v) is 4.22. The normalized spacial score (nSPS) is 22.9. The van der Waals surface area contributed by atoms with E-state index in [1.807, 2.05) is 0 Å². The van der Waals surface area contributed by atoms with Crippen molar-refractivity contribution in [2.24, 2.45) is 5.92 Å². The van der Waals surface area contributed by atoms with E-state index < -0.39 is 0 Å². The van der Waals surface area contributed by atoms with Crippen molar-refractivity contribution in [3.8, 4) is 0 Å². The van der Waals surface area contributed by atoms with Crippen molar-refractivity contribution in [1.82, 2.24) is 4.90 Å². The first-order chi connectivity index (χ1) is 9.42. The van der Waals surface area contributed by atoms with Crippen LogP contribution < -0.4 is 0 Å². The average Bonchev–Trinajstić information content (AvgIpc) is 3.01. The SMILES string of the molecule is c1ccc(CCN2CCC(C3OCCO3)CC2)cc1. The lowest BCUT2D eigenvalue weighted by Gasteiger charge is -2.33. The van der Waals surface area contributed by atoms with Crippen LogP contribution in [0.5, 0.6) is 0 Å². The molecule has 0 radical (unpaired) electrons. The average molecular weight is 261 g/mol. The van der Waals surface area contributed by atoms with Crippen LogP contribution in [0.3, 0.4) is 0 Å². The molecule has 1 aromatic rings. The van der Waals surface area contributed by atoms with Gasteiger partial charge in [-0.25, -0.2) is 0 Å². The predicted molar refractivity (Wildman–Crippen MR) is 75.0 cm³/mol. The Bertz CT molecular complexity index is 368. The molecule has 1 aromatic carbocycles. The molecule has 104 valence electrons. The standard InChI is InChI=1S/C16H23NO2/c1-2-4-14(5-3-1)6-9-17-10-7-15(8-11-17)16-18-12-13-19-16/h1-5,15-16H,6-13H2. The zero-order valence-corrected chi connectivity index (χ0v) is 11.5. The molecule has 0 aromatic heterocycles. The lowest BCUT2D eigenvalue weighted by atomic mass is 9.96. The molecular formula is C16H23NO2. The van der Waals surface area contributed by atoms with Crippen LogP contribution >= 0.6 is 0 Å². The Morgan fingerprint density at radius 1 is 1.00 bits per heavy atom. The summed E-state index contributed by atoms with van der Waals surface area (Å²) in [5.41, 5.74) is 1.44. The van der Waals surface area contributed by atoms with E-state index in [9.17, 15) is 0 Å². The van der Waals surface area contributed by atoms with Gasteiger partial charge >= 0.3 is 0 Å². The van der Waals surface area contributed by atoms with E-state index in [1.165, 1.54) is 38.0 Å². The number of likely N-dealkylation sites (tertiary alicyclic amines) is 1. The van der Waals surface area contributed by atoms with E-state index in [0.29, 0.717) is 5.92 Å². The summed E-state index contributed by atoms with van der Waals surface area (Å²) in [5, 5.41) is 0. The van der Waals surface area contributed by atoms with Gasteiger partial charge in [-0.2, -0.15) is 0 Å². The Kier molecular flexibility index (Phi) is 4.49. The quantitative estimate of drug-likeness (QED) is 0.830. The summed E-state index contributed by atoms with van der Waals surface area (Å²) < 4.78 is 11.2. The summed E-state index contributed by atoms with van der Waals surface area (Å²) >= 11 is 0. The van der Waals surface area contributed by atoms with Gasteiger partial charge in [-0.05, 0) is 37.9 Å². The highest BCUT2D eigenvalue weighted by Gasteiger charge is 2.30. The highest BCUT2D eigenvalue weighted by molar-refractivity contribution is 5.14. The van der Waals surface area contributed by atoms with E-state index in [0.717, 1.165) is 19.6 Å². The fourth-order valence-electron chi connectivity index (χ4n) is 3.03. The van der Waals surface area contributed by atoms with Crippen molar-refractivity contribution in [2.75, 3.05) is 32.8 Å². The van der Waals surface area contributed by atoms with Crippen molar-refractivity contribution in [3.63, 3.8) is 0 Å². The van der Waals surface area contributed by atoms with Crippen molar-refractivity contribution < 1.29 is 9.47 Å². The number of rotatable bonds is 4. The number of benzene rings is 1. The first-order valence-electron chi connectivity index (χ1n) is 7.41. The lowest BCUT2D eigenvalue weighted by molar-refractivity contribution is -0.0972. The molecule has 2 heterocycles. The molecule has 19 heavy (non-hydrogen) atoms. The minimum atomic E-state index is 0.0799. The Morgan fingerprint density at radius 3 is 2.37 bits per heavy atom. The molecule has 3 heteroatoms. The molecule has 0 saturated carbocycles. The molecule has 0 unspecified atom stereocenters. The van der Waals surface area contributed by atoms with E-state index in [4.69, 9.17) is 9.47 Å². The maximum absolute atomic E-state index is 5.62. The first kappa shape index (κ1) is 13.1. The number of ether oxygens (including phenoxy) is 2. The summed E-state index contributed by atoms with van der Waals surface area (Å²) in [6.45, 7) is 5.09. The summed E-state index contributed by atoms with van der Waals surface area (Å²) in [7, 11) is 0. The largest absolute Gasteiger partial charge is 0.350 e. The van der Waals surface area contributed by atoms with Crippen LogP contribution in [0.15, 0.2) is 30.3 Å². The summed E-state index contributed by atoms with van der Waals surface area (Å²) in [6, 6.07) is 10.8. The van der Waals surface area contributed by atoms with E-state index in [-0.39, 0.29) is 6.29 Å². The number of piperidine rings is 1. The van der Waals surface area contributed by atoms with E-state index in [1.54, 1.807) is 0 Å². The highest BCUT2D eigenvalue weighted by atomic mass is 16.7. The molecule has 2 saturated heterocycles. The molecule has 2 aliphatic heterocycles. The van der Waals surface area contributed by atoms with Gasteiger partial charge in [-0.1, -0.05) is 30.3 Å². The van der Waals surface area contributed by atoms with Crippen LogP contribution in [0.1, 0.15) is 18.4 Å². The van der Waals surface area contributed by atoms with Crippen molar-refractivity contribution in [3.05, 3.63) is 35.9 Å². The molecule has 3 rings (SSSR count). The Labute approximate surface area is 115 Å². The molecule has 3 nitrogen and oxygen atoms in total. The summed E-state index contributed by atoms with van der Waals surface area (Å²) in [6.07, 6.45) is 3.65. The van der Waals surface area contributed by atoms with Gasteiger partial charge in [-0.15, -0.1) is 0 Å². The van der Waals surface area contributed by atoms with E-state index in [2.05, 4.69) is 35.2 Å². The zero-order valence-electron chi connectivity index (χ0n) is 11.5. The van der Waals surface area contributed by atoms with Gasteiger partial charge in [0, 0.05) is 12.5 Å². The molecule has 0 atom stereocenters. The zero-order chi connectivity index (χ0) is 12.9. The molecule has 2 fully saturated rings. The first-order valence-corrected chi connectivity index (χ1v) is 7.41. The van der Waals surface area contributed by atoms with Crippen molar-refractivity contribution >= 4 is 0 Å². The Hall–Kier alpha value is -0.900. The van der Waals surface area contributed by atoms with E-state index >= 15 is 0 Å². The predicted octanol–water partition coefficient (Wildman–Crippen LogP) is 2.31. The molecule has 0 N–H and O–H groups in total. The minimum absolute atomic E-state index is 0.0799. The summed E-state index contributed by atoms with van der Waals surface area (Å²) in [4.78, 5) is 2.57. The van der Waals surface area contributed by atoms with Crippen molar-refractivity contribution in [1.29, 1.82) is 0 Å². The Balaban J connectivity index is 1.40. The third kappa shape index (κ3) is 3.56. The lowest BCUT2D eigenvalue weighted by Crippen LogP contribution is -2.39. The number of hydrogen-bond donors (Lipinski definition) is 0. The maximum Gasteiger partial charge on any atom is 0.160 e. The van der Waals surface area contributed by atoms with Crippen LogP contribution in [-0.2, 0) is 15.9 Å². The smallest absolute Gasteiger partial charge is 0.160 e. The second-order valence-corrected chi connectivity index (χ2v) is 5.52.